The van der Waals surface area contributed by atoms with Gasteiger partial charge in [-0.1, -0.05) is 11.6 Å². The van der Waals surface area contributed by atoms with Gasteiger partial charge in [0.15, 0.2) is 6.61 Å². The molecule has 0 bridgehead atoms. The topological polar surface area (TPSA) is 77.5 Å². The molecular weight excluding hydrogens is 508 g/mol. The molecule has 0 aliphatic carbocycles. The molecule has 0 aromatic heterocycles. The van der Waals surface area contributed by atoms with Gasteiger partial charge in [-0.25, -0.2) is 4.79 Å². The van der Waals surface area contributed by atoms with E-state index in [2.05, 4.69) is 26.8 Å². The highest BCUT2D eigenvalue weighted by Gasteiger charge is 2.54. The van der Waals surface area contributed by atoms with Crippen LogP contribution in [0.1, 0.15) is 85.3 Å². The van der Waals surface area contributed by atoms with Gasteiger partial charge in [0.25, 0.3) is 5.91 Å². The summed E-state index contributed by atoms with van der Waals surface area (Å²) < 4.78 is 25.0. The number of fused-ring (bicyclic) bond motifs is 3. The minimum atomic E-state index is -0.500. The van der Waals surface area contributed by atoms with Crippen LogP contribution in [0.25, 0.3) is 0 Å². The third kappa shape index (κ3) is 6.93. The molecule has 0 unspecified atom stereocenters. The Morgan fingerprint density at radius 1 is 1.18 bits per heavy atom. The molecule has 2 amide bonds. The second kappa shape index (κ2) is 11.6. The van der Waals surface area contributed by atoms with Crippen LogP contribution in [0, 0.1) is 11.3 Å². The van der Waals surface area contributed by atoms with Crippen LogP contribution in [0.4, 0.5) is 4.79 Å². The molecule has 4 rings (SSSR count). The van der Waals surface area contributed by atoms with Crippen molar-refractivity contribution in [2.24, 2.45) is 11.3 Å². The summed E-state index contributed by atoms with van der Waals surface area (Å²) in [5.41, 5.74) is 1.41. The summed E-state index contributed by atoms with van der Waals surface area (Å²) in [6.45, 7) is 14.2. The molecule has 3 atom stereocenters. The first kappa shape index (κ1) is 30.2. The number of carbonyl (C=O) groups is 2. The molecule has 1 aromatic rings. The summed E-state index contributed by atoms with van der Waals surface area (Å²) in [7, 11) is 3.43. The second-order valence-corrected chi connectivity index (χ2v) is 13.5. The van der Waals surface area contributed by atoms with Crippen LogP contribution < -0.4 is 9.47 Å². The van der Waals surface area contributed by atoms with Gasteiger partial charge in [0.05, 0.1) is 12.7 Å². The van der Waals surface area contributed by atoms with Crippen molar-refractivity contribution in [2.75, 3.05) is 40.4 Å². The number of amides is 2. The Balaban J connectivity index is 1.54. The molecule has 1 aromatic carbocycles. The molecule has 40 heavy (non-hydrogen) atoms. The number of ether oxygens (including phenoxy) is 4. The maximum atomic E-state index is 12.7. The molecule has 3 aliphatic heterocycles. The fraction of sp³-hybridized carbons (Fsp3) is 0.688. The smallest absolute Gasteiger partial charge is 0.410 e. The second-order valence-electron chi connectivity index (χ2n) is 13.5. The van der Waals surface area contributed by atoms with Crippen LogP contribution in [-0.2, 0) is 14.3 Å². The van der Waals surface area contributed by atoms with Gasteiger partial charge in [-0.2, -0.15) is 0 Å². The van der Waals surface area contributed by atoms with E-state index in [-0.39, 0.29) is 36.0 Å². The number of hydrogen-bond acceptors (Lipinski definition) is 6. The normalized spacial score (nSPS) is 25.2. The van der Waals surface area contributed by atoms with Crippen molar-refractivity contribution in [3.63, 3.8) is 0 Å². The molecule has 0 saturated carbocycles. The van der Waals surface area contributed by atoms with Gasteiger partial charge < -0.3 is 28.7 Å². The first-order valence-corrected chi connectivity index (χ1v) is 14.6. The zero-order valence-electron chi connectivity index (χ0n) is 25.7. The van der Waals surface area contributed by atoms with Crippen molar-refractivity contribution in [3.05, 3.63) is 35.4 Å². The maximum Gasteiger partial charge on any atom is 0.410 e. The Kier molecular flexibility index (Phi) is 8.79. The fourth-order valence-electron chi connectivity index (χ4n) is 6.11. The zero-order chi connectivity index (χ0) is 29.3. The minimum Gasteiger partial charge on any atom is -0.487 e. The van der Waals surface area contributed by atoms with Crippen LogP contribution in [0.2, 0.25) is 0 Å². The highest BCUT2D eigenvalue weighted by molar-refractivity contribution is 5.77. The third-order valence-electron chi connectivity index (χ3n) is 8.54. The first-order valence-electron chi connectivity index (χ1n) is 14.6. The lowest BCUT2D eigenvalue weighted by molar-refractivity contribution is -0.179. The average Bonchev–Trinajstić information content (AvgIpc) is 2.86. The van der Waals surface area contributed by atoms with Crippen LogP contribution in [0.5, 0.6) is 11.5 Å². The predicted molar refractivity (Wildman–Crippen MR) is 155 cm³/mol. The van der Waals surface area contributed by atoms with Gasteiger partial charge in [0, 0.05) is 44.7 Å². The van der Waals surface area contributed by atoms with Crippen molar-refractivity contribution in [1.29, 1.82) is 0 Å². The molecule has 0 radical (unpaired) electrons. The summed E-state index contributed by atoms with van der Waals surface area (Å²) in [5, 5.41) is 0. The van der Waals surface area contributed by atoms with E-state index in [4.69, 9.17) is 18.9 Å². The Labute approximate surface area is 240 Å². The number of carbonyl (C=O) groups excluding carboxylic acids is 2. The van der Waals surface area contributed by atoms with E-state index in [1.54, 1.807) is 14.1 Å². The van der Waals surface area contributed by atoms with E-state index in [0.717, 1.165) is 43.4 Å². The van der Waals surface area contributed by atoms with Crippen molar-refractivity contribution in [3.8, 4) is 11.5 Å². The van der Waals surface area contributed by atoms with Gasteiger partial charge in [-0.15, -0.1) is 0 Å². The summed E-state index contributed by atoms with van der Waals surface area (Å²) in [6.07, 6.45) is 6.51. The lowest BCUT2D eigenvalue weighted by atomic mass is 9.63. The van der Waals surface area contributed by atoms with Crippen LogP contribution in [0.15, 0.2) is 29.8 Å². The molecule has 2 saturated heterocycles. The van der Waals surface area contributed by atoms with Crippen molar-refractivity contribution < 1.29 is 28.5 Å². The van der Waals surface area contributed by atoms with E-state index in [0.29, 0.717) is 25.4 Å². The highest BCUT2D eigenvalue weighted by Crippen LogP contribution is 2.57. The number of likely N-dealkylation sites (N-methyl/N-ethyl adjacent to an activating group) is 1. The number of benzene rings is 1. The molecule has 2 fully saturated rings. The summed E-state index contributed by atoms with van der Waals surface area (Å²) in [4.78, 5) is 28.1. The van der Waals surface area contributed by atoms with E-state index in [9.17, 15) is 9.59 Å². The lowest BCUT2D eigenvalue weighted by Gasteiger charge is -2.55. The number of rotatable bonds is 6. The minimum absolute atomic E-state index is 0.00784. The molecule has 8 heteroatoms. The monoisotopic (exact) mass is 556 g/mol. The van der Waals surface area contributed by atoms with Crippen LogP contribution in [-0.4, -0.2) is 73.4 Å². The van der Waals surface area contributed by atoms with E-state index >= 15 is 0 Å². The fourth-order valence-corrected chi connectivity index (χ4v) is 6.11. The van der Waals surface area contributed by atoms with Crippen molar-refractivity contribution in [2.45, 2.75) is 91.0 Å². The summed E-state index contributed by atoms with van der Waals surface area (Å²) in [6, 6.07) is 5.84. The van der Waals surface area contributed by atoms with Crippen LogP contribution in [0.3, 0.4) is 0 Å². The molecular formula is C32H48N2O6. The summed E-state index contributed by atoms with van der Waals surface area (Å²) >= 11 is 0. The Bertz CT molecular complexity index is 1110. The molecule has 8 nitrogen and oxygen atoms in total. The maximum absolute atomic E-state index is 12.7. The third-order valence-corrected chi connectivity index (χ3v) is 8.54. The van der Waals surface area contributed by atoms with Gasteiger partial charge in [-0.05, 0) is 91.2 Å². The molecule has 1 spiro atoms. The van der Waals surface area contributed by atoms with E-state index in [1.165, 1.54) is 10.5 Å². The highest BCUT2D eigenvalue weighted by atomic mass is 16.6. The van der Waals surface area contributed by atoms with Crippen molar-refractivity contribution in [1.82, 2.24) is 9.80 Å². The Morgan fingerprint density at radius 2 is 1.88 bits per heavy atom. The van der Waals surface area contributed by atoms with E-state index < -0.39 is 11.2 Å². The number of piperidine rings is 1. The van der Waals surface area contributed by atoms with Gasteiger partial charge in [0.2, 0.25) is 0 Å². The van der Waals surface area contributed by atoms with Crippen LogP contribution >= 0.6 is 0 Å². The Hall–Kier alpha value is -2.74. The standard InChI is InChI=1S/C32H48N2O6/c1-22(2)10-9-13-31(6)25-19-32(14-16-34(17-15-32)29(36)40-30(3,4)5)21-38-28(25)24-12-11-23(18-26(24)39-31)37-20-27(35)33(7)8/h10-12,18,25,28H,9,13-17,19-21H2,1-8H3/t25-,28+,31-/m0/s1. The number of hydrogen-bond donors (Lipinski definition) is 0. The van der Waals surface area contributed by atoms with Gasteiger partial charge >= 0.3 is 6.09 Å². The summed E-state index contributed by atoms with van der Waals surface area (Å²) in [5.74, 6) is 1.46. The quantitative estimate of drug-likeness (QED) is 0.392. The Morgan fingerprint density at radius 3 is 2.50 bits per heavy atom. The first-order chi connectivity index (χ1) is 18.7. The largest absolute Gasteiger partial charge is 0.487 e. The number of allylic oxidation sites excluding steroid dienone is 2. The van der Waals surface area contributed by atoms with Crippen molar-refractivity contribution >= 4 is 12.0 Å². The molecule has 222 valence electrons. The van der Waals surface area contributed by atoms with Gasteiger partial charge in [-0.3, -0.25) is 4.79 Å². The predicted octanol–water partition coefficient (Wildman–Crippen LogP) is 6.15. The number of nitrogens with zero attached hydrogens (tertiary/aromatic N) is 2. The van der Waals surface area contributed by atoms with E-state index in [1.807, 2.05) is 43.9 Å². The SMILES string of the molecule is CC(C)=CCC[C@]1(C)Oc2cc(OCC(=O)N(C)C)ccc2[C@H]2OCC3(CCN(C(=O)OC(C)(C)C)CC3)C[C@@H]21. The molecule has 3 aliphatic rings. The number of likely N-dealkylation sites (tertiary alicyclic amines) is 1. The molecule has 0 N–H and O–H groups in total. The zero-order valence-corrected chi connectivity index (χ0v) is 25.7. The lowest BCUT2D eigenvalue weighted by Crippen LogP contribution is -2.56. The molecule has 3 heterocycles. The van der Waals surface area contributed by atoms with Gasteiger partial charge in [0.1, 0.15) is 22.7 Å². The average molecular weight is 557 g/mol.